The van der Waals surface area contributed by atoms with Crippen molar-refractivity contribution in [3.8, 4) is 11.5 Å². The van der Waals surface area contributed by atoms with Gasteiger partial charge in [-0.1, -0.05) is 24.3 Å². The van der Waals surface area contributed by atoms with Crippen molar-refractivity contribution in [1.29, 1.82) is 0 Å². The number of para-hydroxylation sites is 1. The van der Waals surface area contributed by atoms with Gasteiger partial charge in [0.15, 0.2) is 6.10 Å². The summed E-state index contributed by atoms with van der Waals surface area (Å²) in [7, 11) is 1.49. The van der Waals surface area contributed by atoms with E-state index in [1.807, 2.05) is 24.3 Å². The Labute approximate surface area is 145 Å². The molecule has 1 heterocycles. The second-order valence-corrected chi connectivity index (χ2v) is 5.79. The van der Waals surface area contributed by atoms with Crippen molar-refractivity contribution >= 4 is 11.9 Å². The fourth-order valence-corrected chi connectivity index (χ4v) is 2.85. The van der Waals surface area contributed by atoms with Crippen molar-refractivity contribution in [2.75, 3.05) is 13.7 Å². The number of methoxy groups -OCH3 is 1. The van der Waals surface area contributed by atoms with Gasteiger partial charge >= 0.3 is 5.97 Å². The normalized spacial score (nSPS) is 15.2. The van der Waals surface area contributed by atoms with Gasteiger partial charge in [-0.25, -0.2) is 4.79 Å². The minimum absolute atomic E-state index is 0.155. The van der Waals surface area contributed by atoms with Gasteiger partial charge in [0.05, 0.1) is 12.7 Å². The number of carboxylic acids is 1. The second kappa shape index (κ2) is 7.25. The zero-order valence-corrected chi connectivity index (χ0v) is 13.8. The first kappa shape index (κ1) is 16.8. The van der Waals surface area contributed by atoms with E-state index in [0.717, 1.165) is 16.9 Å². The monoisotopic (exact) mass is 341 g/mol. The molecule has 1 aliphatic heterocycles. The van der Waals surface area contributed by atoms with Crippen LogP contribution in [0.2, 0.25) is 0 Å². The molecule has 130 valence electrons. The maximum atomic E-state index is 12.3. The summed E-state index contributed by atoms with van der Waals surface area (Å²) in [6.45, 7) is 0.415. The molecule has 0 saturated carbocycles. The lowest BCUT2D eigenvalue weighted by atomic mass is 10.1. The molecule has 2 aromatic rings. The number of fused-ring (bicyclic) bond motifs is 1. The molecule has 0 saturated heterocycles. The highest BCUT2D eigenvalue weighted by molar-refractivity contribution is 5.88. The lowest BCUT2D eigenvalue weighted by Crippen LogP contribution is -2.38. The minimum atomic E-state index is -1.00. The SMILES string of the molecule is COc1cc(C(=O)O)ccc1CCNC(=O)C1Cc2ccccc2O1. The molecule has 0 aliphatic carbocycles. The molecule has 2 aromatic carbocycles. The topological polar surface area (TPSA) is 84.9 Å². The van der Waals surface area contributed by atoms with Gasteiger partial charge in [-0.05, 0) is 35.7 Å². The largest absolute Gasteiger partial charge is 0.496 e. The molecule has 6 heteroatoms. The average Bonchev–Trinajstić information content (AvgIpc) is 3.06. The number of nitrogens with one attached hydrogen (secondary N) is 1. The number of rotatable bonds is 6. The zero-order chi connectivity index (χ0) is 17.8. The van der Waals surface area contributed by atoms with Crippen LogP contribution in [0.3, 0.4) is 0 Å². The van der Waals surface area contributed by atoms with Crippen LogP contribution in [0.15, 0.2) is 42.5 Å². The van der Waals surface area contributed by atoms with Crippen LogP contribution >= 0.6 is 0 Å². The van der Waals surface area contributed by atoms with E-state index in [0.29, 0.717) is 25.1 Å². The van der Waals surface area contributed by atoms with Crippen LogP contribution in [0.4, 0.5) is 0 Å². The Hall–Kier alpha value is -3.02. The van der Waals surface area contributed by atoms with E-state index in [4.69, 9.17) is 14.6 Å². The molecule has 0 spiro atoms. The summed E-state index contributed by atoms with van der Waals surface area (Å²) < 4.78 is 10.9. The molecule has 1 aliphatic rings. The lowest BCUT2D eigenvalue weighted by molar-refractivity contribution is -0.127. The molecule has 1 amide bonds. The van der Waals surface area contributed by atoms with Crippen molar-refractivity contribution in [2.24, 2.45) is 0 Å². The van der Waals surface area contributed by atoms with Crippen LogP contribution in [-0.2, 0) is 17.6 Å². The van der Waals surface area contributed by atoms with Gasteiger partial charge in [-0.15, -0.1) is 0 Å². The Bertz CT molecular complexity index is 777. The molecule has 0 bridgehead atoms. The van der Waals surface area contributed by atoms with Gasteiger partial charge in [0.2, 0.25) is 0 Å². The number of carboxylic acid groups (broad SMARTS) is 1. The number of hydrogen-bond donors (Lipinski definition) is 2. The van der Waals surface area contributed by atoms with E-state index in [9.17, 15) is 9.59 Å². The molecule has 1 atom stereocenters. The van der Waals surface area contributed by atoms with Crippen LogP contribution in [0.25, 0.3) is 0 Å². The maximum absolute atomic E-state index is 12.3. The summed E-state index contributed by atoms with van der Waals surface area (Å²) in [5.41, 5.74) is 2.04. The van der Waals surface area contributed by atoms with Crippen LogP contribution < -0.4 is 14.8 Å². The number of benzene rings is 2. The molecule has 0 radical (unpaired) electrons. The van der Waals surface area contributed by atoms with Gasteiger partial charge in [-0.2, -0.15) is 0 Å². The molecular weight excluding hydrogens is 322 g/mol. The highest BCUT2D eigenvalue weighted by atomic mass is 16.5. The Balaban J connectivity index is 1.55. The van der Waals surface area contributed by atoms with E-state index in [1.165, 1.54) is 19.2 Å². The third kappa shape index (κ3) is 3.74. The molecule has 0 aromatic heterocycles. The van der Waals surface area contributed by atoms with E-state index >= 15 is 0 Å². The van der Waals surface area contributed by atoms with Crippen LogP contribution in [0.1, 0.15) is 21.5 Å². The highest BCUT2D eigenvalue weighted by Gasteiger charge is 2.28. The number of ether oxygens (including phenoxy) is 2. The summed E-state index contributed by atoms with van der Waals surface area (Å²) in [6, 6.07) is 12.3. The molecule has 0 fully saturated rings. The summed E-state index contributed by atoms with van der Waals surface area (Å²) in [5, 5.41) is 11.9. The number of carbonyl (C=O) groups excluding carboxylic acids is 1. The van der Waals surface area contributed by atoms with Crippen molar-refractivity contribution in [3.63, 3.8) is 0 Å². The summed E-state index contributed by atoms with van der Waals surface area (Å²) in [4.78, 5) is 23.3. The third-order valence-electron chi connectivity index (χ3n) is 4.17. The molecular formula is C19H19NO5. The first-order valence-electron chi connectivity index (χ1n) is 8.01. The lowest BCUT2D eigenvalue weighted by Gasteiger charge is -2.13. The van der Waals surface area contributed by atoms with Crippen LogP contribution in [0.5, 0.6) is 11.5 Å². The standard InChI is InChI=1S/C19H19NO5/c1-24-16-11-14(19(22)23)7-6-12(16)8-9-20-18(21)17-10-13-4-2-3-5-15(13)25-17/h2-7,11,17H,8-10H2,1H3,(H,20,21)(H,22,23). The number of amides is 1. The fourth-order valence-electron chi connectivity index (χ4n) is 2.85. The molecule has 25 heavy (non-hydrogen) atoms. The molecule has 2 N–H and O–H groups in total. The predicted molar refractivity (Wildman–Crippen MR) is 91.2 cm³/mol. The van der Waals surface area contributed by atoms with E-state index in [-0.39, 0.29) is 11.5 Å². The fraction of sp³-hybridized carbons (Fsp3) is 0.263. The number of carbonyl (C=O) groups is 2. The first-order chi connectivity index (χ1) is 12.1. The van der Waals surface area contributed by atoms with Gasteiger partial charge in [0.25, 0.3) is 5.91 Å². The van der Waals surface area contributed by atoms with Gasteiger partial charge in [0, 0.05) is 13.0 Å². The smallest absolute Gasteiger partial charge is 0.335 e. The van der Waals surface area contributed by atoms with Gasteiger partial charge in [-0.3, -0.25) is 4.79 Å². The summed E-state index contributed by atoms with van der Waals surface area (Å²) in [6.07, 6.45) is 0.598. The third-order valence-corrected chi connectivity index (χ3v) is 4.17. The first-order valence-corrected chi connectivity index (χ1v) is 8.01. The van der Waals surface area contributed by atoms with Gasteiger partial charge < -0.3 is 19.9 Å². The quantitative estimate of drug-likeness (QED) is 0.840. The molecule has 3 rings (SSSR count). The van der Waals surface area contributed by atoms with E-state index < -0.39 is 12.1 Å². The number of hydrogen-bond acceptors (Lipinski definition) is 4. The van der Waals surface area contributed by atoms with Crippen molar-refractivity contribution in [3.05, 3.63) is 59.2 Å². The van der Waals surface area contributed by atoms with E-state index in [2.05, 4.69) is 5.32 Å². The molecule has 1 unspecified atom stereocenters. The maximum Gasteiger partial charge on any atom is 0.335 e. The summed E-state index contributed by atoms with van der Waals surface area (Å²) in [5.74, 6) is 0.0978. The van der Waals surface area contributed by atoms with Crippen molar-refractivity contribution in [1.82, 2.24) is 5.32 Å². The average molecular weight is 341 g/mol. The highest BCUT2D eigenvalue weighted by Crippen LogP contribution is 2.28. The van der Waals surface area contributed by atoms with E-state index in [1.54, 1.807) is 6.07 Å². The van der Waals surface area contributed by atoms with Gasteiger partial charge in [0.1, 0.15) is 11.5 Å². The van der Waals surface area contributed by atoms with Crippen LogP contribution in [0, 0.1) is 0 Å². The summed E-state index contributed by atoms with van der Waals surface area (Å²) >= 11 is 0. The Morgan fingerprint density at radius 1 is 1.28 bits per heavy atom. The Morgan fingerprint density at radius 2 is 2.08 bits per heavy atom. The Morgan fingerprint density at radius 3 is 2.80 bits per heavy atom. The van der Waals surface area contributed by atoms with Crippen LogP contribution in [-0.4, -0.2) is 36.7 Å². The van der Waals surface area contributed by atoms with Crippen molar-refractivity contribution < 1.29 is 24.2 Å². The van der Waals surface area contributed by atoms with Crippen molar-refractivity contribution in [2.45, 2.75) is 18.9 Å². The predicted octanol–water partition coefficient (Wildman–Crippen LogP) is 2.06. The molecule has 6 nitrogen and oxygen atoms in total. The number of aromatic carboxylic acids is 1. The second-order valence-electron chi connectivity index (χ2n) is 5.79. The minimum Gasteiger partial charge on any atom is -0.496 e. The Kier molecular flexibility index (Phi) is 4.88. The zero-order valence-electron chi connectivity index (χ0n) is 13.8.